The minimum atomic E-state index is 0. The van der Waals surface area contributed by atoms with E-state index in [1.807, 2.05) is 6.07 Å². The highest BCUT2D eigenvalue weighted by Gasteiger charge is 2.03. The lowest BCUT2D eigenvalue weighted by molar-refractivity contribution is 0.387. The van der Waals surface area contributed by atoms with Crippen molar-refractivity contribution in [2.45, 2.75) is 26.9 Å². The highest BCUT2D eigenvalue weighted by atomic mass is 127. The van der Waals surface area contributed by atoms with Gasteiger partial charge in [0.05, 0.1) is 6.54 Å². The van der Waals surface area contributed by atoms with Crippen molar-refractivity contribution in [1.82, 2.24) is 20.8 Å². The van der Waals surface area contributed by atoms with Crippen molar-refractivity contribution in [3.05, 3.63) is 47.1 Å². The summed E-state index contributed by atoms with van der Waals surface area (Å²) in [5.41, 5.74) is 2.46. The Labute approximate surface area is 141 Å². The molecule has 2 rings (SSSR count). The zero-order valence-electron chi connectivity index (χ0n) is 12.4. The molecule has 0 unspecified atom stereocenters. The molecular weight excluding hydrogens is 381 g/mol. The Bertz CT molecular complexity index is 597. The predicted octanol–water partition coefficient (Wildman–Crippen LogP) is 2.17. The minimum absolute atomic E-state index is 0. The molecule has 0 fully saturated rings. The fourth-order valence-electron chi connectivity index (χ4n) is 1.80. The maximum atomic E-state index is 4.91. The molecule has 0 saturated carbocycles. The molecule has 2 N–H and O–H groups in total. The molecule has 1 aromatic heterocycles. The van der Waals surface area contributed by atoms with Gasteiger partial charge < -0.3 is 15.2 Å². The number of benzene rings is 1. The van der Waals surface area contributed by atoms with Gasteiger partial charge in [0.25, 0.3) is 0 Å². The molecule has 0 atom stereocenters. The maximum Gasteiger partial charge on any atom is 0.223 e. The number of nitrogens with zero attached hydrogens (tertiary/aromatic N) is 3. The lowest BCUT2D eigenvalue weighted by Gasteiger charge is -2.10. The third-order valence-electron chi connectivity index (χ3n) is 2.75. The number of hydrogen-bond donors (Lipinski definition) is 2. The molecule has 0 spiro atoms. The van der Waals surface area contributed by atoms with Crippen molar-refractivity contribution in [1.29, 1.82) is 0 Å². The Balaban J connectivity index is 0.00000220. The van der Waals surface area contributed by atoms with E-state index in [2.05, 4.69) is 50.9 Å². The maximum absolute atomic E-state index is 4.91. The zero-order chi connectivity index (χ0) is 14.4. The van der Waals surface area contributed by atoms with Gasteiger partial charge in [-0.3, -0.25) is 4.99 Å². The summed E-state index contributed by atoms with van der Waals surface area (Å²) in [4.78, 5) is 8.28. The summed E-state index contributed by atoms with van der Waals surface area (Å²) in [5, 5.41) is 10.2. The van der Waals surface area contributed by atoms with Crippen LogP contribution in [-0.4, -0.2) is 23.1 Å². The van der Waals surface area contributed by atoms with Gasteiger partial charge in [-0.15, -0.1) is 24.0 Å². The molecule has 0 radical (unpaired) electrons. The third kappa shape index (κ3) is 5.70. The summed E-state index contributed by atoms with van der Waals surface area (Å²) in [7, 11) is 1.73. The normalized spacial score (nSPS) is 10.9. The number of hydrogen-bond acceptors (Lipinski definition) is 4. The van der Waals surface area contributed by atoms with Crippen LogP contribution in [0, 0.1) is 13.8 Å². The number of aryl methyl sites for hydroxylation is 2. The Kier molecular flexibility index (Phi) is 7.13. The first-order chi connectivity index (χ1) is 9.67. The smallest absolute Gasteiger partial charge is 0.223 e. The molecule has 7 heteroatoms. The van der Waals surface area contributed by atoms with Crippen LogP contribution in [0.25, 0.3) is 0 Å². The number of aromatic nitrogens is 2. The standard InChI is InChI=1S/C14H19N5O.HI/c1-10-5-4-6-12(7-10)8-16-14(15-3)17-9-13-18-11(2)20-19-13;/h4-7H,8-9H2,1-3H3,(H2,15,16,17);1H. The lowest BCUT2D eigenvalue weighted by Crippen LogP contribution is -2.36. The second-order valence-electron chi connectivity index (χ2n) is 4.50. The van der Waals surface area contributed by atoms with Gasteiger partial charge in [-0.25, -0.2) is 0 Å². The van der Waals surface area contributed by atoms with Crippen LogP contribution in [0.3, 0.4) is 0 Å². The molecule has 114 valence electrons. The third-order valence-corrected chi connectivity index (χ3v) is 2.75. The molecular formula is C14H20IN5O. The number of aliphatic imine (C=N–C) groups is 1. The van der Waals surface area contributed by atoms with Crippen molar-refractivity contribution in [2.24, 2.45) is 4.99 Å². The molecule has 1 heterocycles. The van der Waals surface area contributed by atoms with E-state index in [-0.39, 0.29) is 24.0 Å². The van der Waals surface area contributed by atoms with E-state index in [9.17, 15) is 0 Å². The molecule has 0 aliphatic heterocycles. The molecule has 21 heavy (non-hydrogen) atoms. The summed E-state index contributed by atoms with van der Waals surface area (Å²) in [6.45, 7) is 5.04. The summed E-state index contributed by atoms with van der Waals surface area (Å²) in [6, 6.07) is 8.35. The van der Waals surface area contributed by atoms with Crippen LogP contribution in [-0.2, 0) is 13.1 Å². The monoisotopic (exact) mass is 401 g/mol. The second kappa shape index (κ2) is 8.60. The fourth-order valence-corrected chi connectivity index (χ4v) is 1.80. The Morgan fingerprint density at radius 1 is 1.24 bits per heavy atom. The number of halogens is 1. The van der Waals surface area contributed by atoms with Crippen LogP contribution < -0.4 is 10.6 Å². The second-order valence-corrected chi connectivity index (χ2v) is 4.50. The van der Waals surface area contributed by atoms with E-state index in [1.54, 1.807) is 14.0 Å². The van der Waals surface area contributed by atoms with Crippen molar-refractivity contribution >= 4 is 29.9 Å². The lowest BCUT2D eigenvalue weighted by atomic mass is 10.1. The van der Waals surface area contributed by atoms with Gasteiger partial charge >= 0.3 is 0 Å². The first-order valence-electron chi connectivity index (χ1n) is 6.46. The molecule has 0 saturated heterocycles. The molecule has 0 aliphatic carbocycles. The number of rotatable bonds is 4. The van der Waals surface area contributed by atoms with Crippen LogP contribution in [0.2, 0.25) is 0 Å². The highest BCUT2D eigenvalue weighted by molar-refractivity contribution is 14.0. The molecule has 0 aliphatic rings. The van der Waals surface area contributed by atoms with Crippen LogP contribution in [0.15, 0.2) is 33.8 Å². The SMILES string of the molecule is CN=C(NCc1cccc(C)c1)NCc1noc(C)n1.I. The quantitative estimate of drug-likeness (QED) is 0.467. The number of guanidine groups is 1. The largest absolute Gasteiger partial charge is 0.352 e. The Morgan fingerprint density at radius 3 is 2.62 bits per heavy atom. The molecule has 0 bridgehead atoms. The van der Waals surface area contributed by atoms with Crippen LogP contribution in [0.1, 0.15) is 22.8 Å². The Morgan fingerprint density at radius 2 is 2.00 bits per heavy atom. The fraction of sp³-hybridized carbons (Fsp3) is 0.357. The van der Waals surface area contributed by atoms with E-state index in [1.165, 1.54) is 11.1 Å². The molecule has 1 aromatic carbocycles. The van der Waals surface area contributed by atoms with Crippen molar-refractivity contribution in [3.63, 3.8) is 0 Å². The van der Waals surface area contributed by atoms with Crippen LogP contribution >= 0.6 is 24.0 Å². The summed E-state index contributed by atoms with van der Waals surface area (Å²) >= 11 is 0. The average Bonchev–Trinajstić information content (AvgIpc) is 2.85. The van der Waals surface area contributed by atoms with Gasteiger partial charge in [0.2, 0.25) is 5.89 Å². The number of nitrogens with one attached hydrogen (secondary N) is 2. The zero-order valence-corrected chi connectivity index (χ0v) is 14.7. The van der Waals surface area contributed by atoms with E-state index >= 15 is 0 Å². The average molecular weight is 401 g/mol. The first kappa shape index (κ1) is 17.4. The highest BCUT2D eigenvalue weighted by Crippen LogP contribution is 2.03. The van der Waals surface area contributed by atoms with Gasteiger partial charge in [-0.05, 0) is 12.5 Å². The van der Waals surface area contributed by atoms with Gasteiger partial charge in [-0.2, -0.15) is 4.98 Å². The van der Waals surface area contributed by atoms with Gasteiger partial charge in [0.1, 0.15) is 0 Å². The van der Waals surface area contributed by atoms with Crippen LogP contribution in [0.5, 0.6) is 0 Å². The summed E-state index contributed by atoms with van der Waals surface area (Å²) < 4.78 is 4.91. The van der Waals surface area contributed by atoms with Crippen molar-refractivity contribution in [2.75, 3.05) is 7.05 Å². The van der Waals surface area contributed by atoms with Gasteiger partial charge in [0.15, 0.2) is 11.8 Å². The summed E-state index contributed by atoms with van der Waals surface area (Å²) in [5.74, 6) is 1.87. The van der Waals surface area contributed by atoms with Crippen LogP contribution in [0.4, 0.5) is 0 Å². The van der Waals surface area contributed by atoms with Crippen molar-refractivity contribution in [3.8, 4) is 0 Å². The van der Waals surface area contributed by atoms with E-state index in [0.717, 1.165) is 0 Å². The van der Waals surface area contributed by atoms with E-state index in [0.29, 0.717) is 30.8 Å². The van der Waals surface area contributed by atoms with Gasteiger partial charge in [-0.1, -0.05) is 35.0 Å². The van der Waals surface area contributed by atoms with E-state index < -0.39 is 0 Å². The predicted molar refractivity (Wildman–Crippen MR) is 92.7 cm³/mol. The topological polar surface area (TPSA) is 75.3 Å². The van der Waals surface area contributed by atoms with E-state index in [4.69, 9.17) is 4.52 Å². The first-order valence-corrected chi connectivity index (χ1v) is 6.46. The summed E-state index contributed by atoms with van der Waals surface area (Å²) in [6.07, 6.45) is 0. The molecule has 0 amide bonds. The Hall–Kier alpha value is -1.64. The minimum Gasteiger partial charge on any atom is -0.352 e. The van der Waals surface area contributed by atoms with Gasteiger partial charge in [0, 0.05) is 20.5 Å². The van der Waals surface area contributed by atoms with Crippen molar-refractivity contribution < 1.29 is 4.52 Å². The molecule has 6 nitrogen and oxygen atoms in total. The molecule has 2 aromatic rings.